The van der Waals surface area contributed by atoms with Gasteiger partial charge in [0, 0.05) is 20.0 Å². The van der Waals surface area contributed by atoms with Gasteiger partial charge in [0.1, 0.15) is 0 Å². The fourth-order valence-corrected chi connectivity index (χ4v) is 3.21. The molecule has 0 amide bonds. The van der Waals surface area contributed by atoms with Crippen molar-refractivity contribution in [2.24, 2.45) is 5.92 Å². The van der Waals surface area contributed by atoms with E-state index in [0.717, 1.165) is 0 Å². The van der Waals surface area contributed by atoms with Crippen LogP contribution < -0.4 is 4.90 Å². The molecule has 2 aromatic heterocycles. The number of nitrogens with zero attached hydrogens (tertiary/aromatic N) is 5. The predicted octanol–water partition coefficient (Wildman–Crippen LogP) is 1.25. The fourth-order valence-electron chi connectivity index (χ4n) is 3.05. The Morgan fingerprint density at radius 2 is 2.33 bits per heavy atom. The number of halogens is 1. The van der Waals surface area contributed by atoms with Crippen molar-refractivity contribution < 1.29 is 14.3 Å². The summed E-state index contributed by atoms with van der Waals surface area (Å²) >= 11 is 6.08. The van der Waals surface area contributed by atoms with Crippen LogP contribution in [0.1, 0.15) is 0 Å². The third-order valence-corrected chi connectivity index (χ3v) is 4.43. The molecule has 0 spiro atoms. The average molecular weight is 352 g/mol. The largest absolute Gasteiger partial charge is 0.467 e. The zero-order valence-corrected chi connectivity index (χ0v) is 14.4. The van der Waals surface area contributed by atoms with Gasteiger partial charge in [0.05, 0.1) is 26.7 Å². The molecule has 0 radical (unpaired) electrons. The van der Waals surface area contributed by atoms with Crippen LogP contribution in [0.2, 0.25) is 5.28 Å². The van der Waals surface area contributed by atoms with Crippen LogP contribution in [0.3, 0.4) is 0 Å². The van der Waals surface area contributed by atoms with Crippen molar-refractivity contribution in [3.63, 3.8) is 0 Å². The van der Waals surface area contributed by atoms with E-state index in [1.165, 1.54) is 7.11 Å². The van der Waals surface area contributed by atoms with Crippen LogP contribution >= 0.6 is 11.6 Å². The van der Waals surface area contributed by atoms with Crippen molar-refractivity contribution in [1.29, 1.82) is 0 Å². The number of fused-ring (bicyclic) bond motifs is 1. The molecule has 8 nitrogen and oxygen atoms in total. The fraction of sp³-hybridized carbons (Fsp3) is 0.467. The van der Waals surface area contributed by atoms with E-state index in [1.807, 2.05) is 14.1 Å². The molecule has 0 aromatic carbocycles. The van der Waals surface area contributed by atoms with Crippen LogP contribution in [0.5, 0.6) is 0 Å². The van der Waals surface area contributed by atoms with E-state index in [2.05, 4.69) is 21.5 Å². The lowest BCUT2D eigenvalue weighted by molar-refractivity contribution is -0.152. The van der Waals surface area contributed by atoms with Crippen LogP contribution in [-0.4, -0.2) is 59.9 Å². The molecule has 0 N–H and O–H groups in total. The van der Waals surface area contributed by atoms with Crippen LogP contribution in [-0.2, 0) is 19.8 Å². The Labute approximate surface area is 144 Å². The number of imidazole rings is 1. The van der Waals surface area contributed by atoms with Gasteiger partial charge in [0.15, 0.2) is 22.5 Å². The molecule has 1 fully saturated rings. The van der Waals surface area contributed by atoms with E-state index in [9.17, 15) is 4.79 Å². The molecule has 2 atom stereocenters. The highest BCUT2D eigenvalue weighted by molar-refractivity contribution is 6.28. The summed E-state index contributed by atoms with van der Waals surface area (Å²) in [5.41, 5.74) is -0.129. The standard InChI is InChI=1S/C15H18ClN5O3/c1-5-9-6-24-7-15(9,13(22)23-4)21-8-17-10-11(20(2)3)18-14(16)19-12(10)21/h5,8-9H,1,6-7H2,2-4H3/t9-,15-/m0/s1. The van der Waals surface area contributed by atoms with Crippen LogP contribution in [0.4, 0.5) is 5.82 Å². The molecule has 0 aliphatic carbocycles. The number of ether oxygens (including phenoxy) is 2. The van der Waals surface area contributed by atoms with Crippen molar-refractivity contribution in [3.05, 3.63) is 24.3 Å². The van der Waals surface area contributed by atoms with Gasteiger partial charge in [0.2, 0.25) is 5.28 Å². The lowest BCUT2D eigenvalue weighted by atomic mass is 9.86. The second-order valence-corrected chi connectivity index (χ2v) is 6.11. The molecule has 0 unspecified atom stereocenters. The molecule has 3 heterocycles. The van der Waals surface area contributed by atoms with Crippen LogP contribution in [0.25, 0.3) is 11.2 Å². The number of anilines is 1. The van der Waals surface area contributed by atoms with E-state index in [-0.39, 0.29) is 17.8 Å². The van der Waals surface area contributed by atoms with Gasteiger partial charge >= 0.3 is 5.97 Å². The first-order valence-electron chi connectivity index (χ1n) is 7.32. The van der Waals surface area contributed by atoms with E-state index in [4.69, 9.17) is 21.1 Å². The minimum atomic E-state index is -1.12. The Morgan fingerprint density at radius 3 is 2.96 bits per heavy atom. The van der Waals surface area contributed by atoms with Crippen molar-refractivity contribution in [2.45, 2.75) is 5.54 Å². The summed E-state index contributed by atoms with van der Waals surface area (Å²) in [6, 6.07) is 0. The quantitative estimate of drug-likeness (QED) is 0.465. The molecule has 3 rings (SSSR count). The number of hydrogen-bond donors (Lipinski definition) is 0. The number of carbonyl (C=O) groups is 1. The molecule has 1 aliphatic rings. The van der Waals surface area contributed by atoms with Gasteiger partial charge in [-0.3, -0.25) is 4.57 Å². The Hall–Kier alpha value is -2.19. The third-order valence-electron chi connectivity index (χ3n) is 4.26. The number of carbonyl (C=O) groups excluding carboxylic acids is 1. The Kier molecular flexibility index (Phi) is 4.18. The summed E-state index contributed by atoms with van der Waals surface area (Å²) in [6.07, 6.45) is 3.23. The monoisotopic (exact) mass is 351 g/mol. The van der Waals surface area contributed by atoms with Crippen LogP contribution in [0, 0.1) is 5.92 Å². The SMILES string of the molecule is C=C[C@H]1COC[C@]1(C(=O)OC)n1cnc2c(N(C)C)nc(Cl)nc21. The first kappa shape index (κ1) is 16.7. The van der Waals surface area contributed by atoms with Gasteiger partial charge < -0.3 is 14.4 Å². The maximum absolute atomic E-state index is 12.7. The van der Waals surface area contributed by atoms with Crippen LogP contribution in [0.15, 0.2) is 19.0 Å². The Morgan fingerprint density at radius 1 is 1.58 bits per heavy atom. The number of methoxy groups -OCH3 is 1. The summed E-state index contributed by atoms with van der Waals surface area (Å²) in [4.78, 5) is 27.3. The third kappa shape index (κ3) is 2.25. The maximum Gasteiger partial charge on any atom is 0.335 e. The molecule has 0 bridgehead atoms. The normalized spacial score (nSPS) is 23.4. The second-order valence-electron chi connectivity index (χ2n) is 5.77. The molecule has 1 saturated heterocycles. The van der Waals surface area contributed by atoms with E-state index in [1.54, 1.807) is 21.9 Å². The van der Waals surface area contributed by atoms with Crippen molar-refractivity contribution >= 4 is 34.6 Å². The molecular formula is C15H18ClN5O3. The van der Waals surface area contributed by atoms with E-state index >= 15 is 0 Å². The molecule has 2 aromatic rings. The number of esters is 1. The van der Waals surface area contributed by atoms with E-state index < -0.39 is 11.5 Å². The van der Waals surface area contributed by atoms with Crippen molar-refractivity contribution in [3.8, 4) is 0 Å². The van der Waals surface area contributed by atoms with Gasteiger partial charge in [-0.2, -0.15) is 9.97 Å². The lowest BCUT2D eigenvalue weighted by Gasteiger charge is -2.30. The molecule has 9 heteroatoms. The number of aromatic nitrogens is 4. The summed E-state index contributed by atoms with van der Waals surface area (Å²) in [5.74, 6) is -0.151. The highest BCUT2D eigenvalue weighted by Crippen LogP contribution is 2.38. The van der Waals surface area contributed by atoms with E-state index in [0.29, 0.717) is 23.6 Å². The minimum Gasteiger partial charge on any atom is -0.467 e. The first-order valence-corrected chi connectivity index (χ1v) is 7.70. The summed E-state index contributed by atoms with van der Waals surface area (Å²) in [5, 5.41) is 0.0713. The highest BCUT2D eigenvalue weighted by Gasteiger charge is 2.53. The summed E-state index contributed by atoms with van der Waals surface area (Å²) in [6.45, 7) is 4.32. The Bertz CT molecular complexity index is 806. The minimum absolute atomic E-state index is 0.0713. The Balaban J connectivity index is 2.31. The maximum atomic E-state index is 12.7. The van der Waals surface area contributed by atoms with Crippen molar-refractivity contribution in [2.75, 3.05) is 39.3 Å². The molecule has 0 saturated carbocycles. The second kappa shape index (κ2) is 6.03. The lowest BCUT2D eigenvalue weighted by Crippen LogP contribution is -2.48. The van der Waals surface area contributed by atoms with Gasteiger partial charge in [0.25, 0.3) is 0 Å². The average Bonchev–Trinajstić information content (AvgIpc) is 3.17. The van der Waals surface area contributed by atoms with Gasteiger partial charge in [-0.25, -0.2) is 9.78 Å². The predicted molar refractivity (Wildman–Crippen MR) is 89.2 cm³/mol. The summed E-state index contributed by atoms with van der Waals surface area (Å²) < 4.78 is 12.3. The topological polar surface area (TPSA) is 82.4 Å². The van der Waals surface area contributed by atoms with Gasteiger partial charge in [-0.15, -0.1) is 6.58 Å². The van der Waals surface area contributed by atoms with Gasteiger partial charge in [-0.05, 0) is 11.6 Å². The zero-order valence-electron chi connectivity index (χ0n) is 13.7. The molecule has 1 aliphatic heterocycles. The molecule has 24 heavy (non-hydrogen) atoms. The number of rotatable bonds is 4. The van der Waals surface area contributed by atoms with Gasteiger partial charge in [-0.1, -0.05) is 6.08 Å². The molecule has 128 valence electrons. The summed E-state index contributed by atoms with van der Waals surface area (Å²) in [7, 11) is 5.01. The number of hydrogen-bond acceptors (Lipinski definition) is 7. The highest BCUT2D eigenvalue weighted by atomic mass is 35.5. The first-order chi connectivity index (χ1) is 11.5. The smallest absolute Gasteiger partial charge is 0.335 e. The zero-order chi connectivity index (χ0) is 17.5. The van der Waals surface area contributed by atoms with Crippen molar-refractivity contribution in [1.82, 2.24) is 19.5 Å². The molecular weight excluding hydrogens is 334 g/mol.